The SMILES string of the molecule is CCC(C)Oc1ccccc1OC(=O)NC. The fourth-order valence-corrected chi connectivity index (χ4v) is 1.08. The van der Waals surface area contributed by atoms with Gasteiger partial charge in [0.1, 0.15) is 0 Å². The van der Waals surface area contributed by atoms with E-state index >= 15 is 0 Å². The number of carbonyl (C=O) groups excluding carboxylic acids is 1. The van der Waals surface area contributed by atoms with E-state index in [4.69, 9.17) is 9.47 Å². The number of para-hydroxylation sites is 2. The highest BCUT2D eigenvalue weighted by Crippen LogP contribution is 2.27. The van der Waals surface area contributed by atoms with Crippen LogP contribution in [0.25, 0.3) is 0 Å². The average Bonchev–Trinajstić information content (AvgIpc) is 2.31. The van der Waals surface area contributed by atoms with Crippen molar-refractivity contribution in [1.82, 2.24) is 5.32 Å². The normalized spacial score (nSPS) is 11.7. The quantitative estimate of drug-likeness (QED) is 0.853. The smallest absolute Gasteiger partial charge is 0.412 e. The van der Waals surface area contributed by atoms with Crippen molar-refractivity contribution in [2.24, 2.45) is 0 Å². The summed E-state index contributed by atoms with van der Waals surface area (Å²) in [5, 5.41) is 2.39. The maximum atomic E-state index is 11.1. The van der Waals surface area contributed by atoms with Crippen LogP contribution in [-0.4, -0.2) is 19.2 Å². The first-order chi connectivity index (χ1) is 7.67. The minimum atomic E-state index is -0.500. The molecule has 1 unspecified atom stereocenters. The minimum absolute atomic E-state index is 0.0921. The molecular weight excluding hydrogens is 206 g/mol. The molecule has 0 spiro atoms. The fourth-order valence-electron chi connectivity index (χ4n) is 1.08. The molecule has 1 atom stereocenters. The molecule has 0 aliphatic carbocycles. The van der Waals surface area contributed by atoms with E-state index in [1.54, 1.807) is 18.2 Å². The third-order valence-electron chi connectivity index (χ3n) is 2.16. The molecule has 0 saturated heterocycles. The lowest BCUT2D eigenvalue weighted by Gasteiger charge is -2.15. The fraction of sp³-hybridized carbons (Fsp3) is 0.417. The molecule has 1 rings (SSSR count). The third kappa shape index (κ3) is 3.46. The molecule has 0 saturated carbocycles. The maximum Gasteiger partial charge on any atom is 0.412 e. The second kappa shape index (κ2) is 6.00. The summed E-state index contributed by atoms with van der Waals surface area (Å²) in [6, 6.07) is 7.12. The molecule has 1 amide bonds. The Morgan fingerprint density at radius 3 is 2.56 bits per heavy atom. The number of benzene rings is 1. The van der Waals surface area contributed by atoms with Gasteiger partial charge in [0.2, 0.25) is 0 Å². The number of nitrogens with one attached hydrogen (secondary N) is 1. The van der Waals surface area contributed by atoms with E-state index in [-0.39, 0.29) is 6.10 Å². The summed E-state index contributed by atoms with van der Waals surface area (Å²) < 4.78 is 10.7. The van der Waals surface area contributed by atoms with Gasteiger partial charge in [-0.15, -0.1) is 0 Å². The Morgan fingerprint density at radius 1 is 1.38 bits per heavy atom. The van der Waals surface area contributed by atoms with E-state index in [2.05, 4.69) is 5.32 Å². The first-order valence-electron chi connectivity index (χ1n) is 5.32. The summed E-state index contributed by atoms with van der Waals surface area (Å²) in [4.78, 5) is 11.1. The van der Waals surface area contributed by atoms with Gasteiger partial charge in [-0.2, -0.15) is 0 Å². The maximum absolute atomic E-state index is 11.1. The van der Waals surface area contributed by atoms with E-state index in [9.17, 15) is 4.79 Å². The molecule has 0 bridgehead atoms. The molecule has 0 aromatic heterocycles. The van der Waals surface area contributed by atoms with Crippen LogP contribution in [0.5, 0.6) is 11.5 Å². The van der Waals surface area contributed by atoms with Crippen molar-refractivity contribution in [1.29, 1.82) is 0 Å². The average molecular weight is 223 g/mol. The molecule has 88 valence electrons. The van der Waals surface area contributed by atoms with Crippen molar-refractivity contribution >= 4 is 6.09 Å². The van der Waals surface area contributed by atoms with Crippen LogP contribution in [0.15, 0.2) is 24.3 Å². The zero-order valence-electron chi connectivity index (χ0n) is 9.82. The van der Waals surface area contributed by atoms with Crippen LogP contribution in [0, 0.1) is 0 Å². The van der Waals surface area contributed by atoms with E-state index in [0.29, 0.717) is 11.5 Å². The third-order valence-corrected chi connectivity index (χ3v) is 2.16. The Hall–Kier alpha value is -1.71. The van der Waals surface area contributed by atoms with Crippen molar-refractivity contribution in [3.63, 3.8) is 0 Å². The lowest BCUT2D eigenvalue weighted by atomic mass is 10.3. The summed E-state index contributed by atoms with van der Waals surface area (Å²) in [6.45, 7) is 4.00. The number of amides is 1. The first-order valence-corrected chi connectivity index (χ1v) is 5.32. The van der Waals surface area contributed by atoms with Crippen LogP contribution in [0.3, 0.4) is 0 Å². The van der Waals surface area contributed by atoms with Gasteiger partial charge in [-0.1, -0.05) is 19.1 Å². The molecule has 0 heterocycles. The topological polar surface area (TPSA) is 47.6 Å². The Kier molecular flexibility index (Phi) is 4.64. The molecule has 0 fully saturated rings. The largest absolute Gasteiger partial charge is 0.487 e. The van der Waals surface area contributed by atoms with E-state index in [1.807, 2.05) is 19.9 Å². The van der Waals surface area contributed by atoms with Crippen LogP contribution < -0.4 is 14.8 Å². The van der Waals surface area contributed by atoms with Gasteiger partial charge in [0.05, 0.1) is 6.10 Å². The van der Waals surface area contributed by atoms with Crippen LogP contribution in [-0.2, 0) is 0 Å². The Bertz CT molecular complexity index is 352. The predicted octanol–water partition coefficient (Wildman–Crippen LogP) is 2.58. The molecule has 0 aliphatic heterocycles. The number of ether oxygens (including phenoxy) is 2. The highest BCUT2D eigenvalue weighted by Gasteiger charge is 2.10. The molecule has 1 aromatic carbocycles. The Balaban J connectivity index is 2.79. The molecule has 4 heteroatoms. The standard InChI is InChI=1S/C12H17NO3/c1-4-9(2)15-10-7-5-6-8-11(10)16-12(14)13-3/h5-9H,4H2,1-3H3,(H,13,14). The number of hydrogen-bond donors (Lipinski definition) is 1. The van der Waals surface area contributed by atoms with Crippen molar-refractivity contribution < 1.29 is 14.3 Å². The lowest BCUT2D eigenvalue weighted by molar-refractivity contribution is 0.188. The number of carbonyl (C=O) groups is 1. The van der Waals surface area contributed by atoms with Crippen LogP contribution >= 0.6 is 0 Å². The van der Waals surface area contributed by atoms with Gasteiger partial charge < -0.3 is 14.8 Å². The van der Waals surface area contributed by atoms with Crippen molar-refractivity contribution in [3.05, 3.63) is 24.3 Å². The lowest BCUT2D eigenvalue weighted by Crippen LogP contribution is -2.22. The zero-order valence-corrected chi connectivity index (χ0v) is 9.82. The van der Waals surface area contributed by atoms with Gasteiger partial charge in [0.25, 0.3) is 0 Å². The van der Waals surface area contributed by atoms with E-state index in [1.165, 1.54) is 7.05 Å². The number of rotatable bonds is 4. The van der Waals surface area contributed by atoms with Crippen LogP contribution in [0.4, 0.5) is 4.79 Å². The van der Waals surface area contributed by atoms with E-state index in [0.717, 1.165) is 6.42 Å². The molecule has 0 radical (unpaired) electrons. The first kappa shape index (κ1) is 12.4. The molecule has 1 aromatic rings. The molecule has 4 nitrogen and oxygen atoms in total. The highest BCUT2D eigenvalue weighted by atomic mass is 16.6. The van der Waals surface area contributed by atoms with Gasteiger partial charge in [-0.25, -0.2) is 4.79 Å². The van der Waals surface area contributed by atoms with Crippen molar-refractivity contribution in [2.45, 2.75) is 26.4 Å². The van der Waals surface area contributed by atoms with Gasteiger partial charge in [-0.05, 0) is 25.5 Å². The second-order valence-corrected chi connectivity index (χ2v) is 3.42. The van der Waals surface area contributed by atoms with Gasteiger partial charge in [0, 0.05) is 7.05 Å². The summed E-state index contributed by atoms with van der Waals surface area (Å²) in [7, 11) is 1.51. The monoisotopic (exact) mass is 223 g/mol. The summed E-state index contributed by atoms with van der Waals surface area (Å²) in [6.07, 6.45) is 0.489. The van der Waals surface area contributed by atoms with Crippen molar-refractivity contribution in [3.8, 4) is 11.5 Å². The second-order valence-electron chi connectivity index (χ2n) is 3.42. The number of hydrogen-bond acceptors (Lipinski definition) is 3. The summed E-state index contributed by atoms with van der Waals surface area (Å²) in [5.74, 6) is 1.02. The highest BCUT2D eigenvalue weighted by molar-refractivity contribution is 5.70. The summed E-state index contributed by atoms with van der Waals surface area (Å²) in [5.41, 5.74) is 0. The van der Waals surface area contributed by atoms with E-state index < -0.39 is 6.09 Å². The van der Waals surface area contributed by atoms with Crippen molar-refractivity contribution in [2.75, 3.05) is 7.05 Å². The molecular formula is C12H17NO3. The predicted molar refractivity (Wildman–Crippen MR) is 61.9 cm³/mol. The molecule has 16 heavy (non-hydrogen) atoms. The minimum Gasteiger partial charge on any atom is -0.487 e. The van der Waals surface area contributed by atoms with Crippen LogP contribution in [0.2, 0.25) is 0 Å². The van der Waals surface area contributed by atoms with Gasteiger partial charge in [0.15, 0.2) is 11.5 Å². The van der Waals surface area contributed by atoms with Gasteiger partial charge in [-0.3, -0.25) is 0 Å². The molecule has 1 N–H and O–H groups in total. The molecule has 0 aliphatic rings. The Morgan fingerprint density at radius 2 is 2.00 bits per heavy atom. The van der Waals surface area contributed by atoms with Crippen LogP contribution in [0.1, 0.15) is 20.3 Å². The summed E-state index contributed by atoms with van der Waals surface area (Å²) >= 11 is 0. The zero-order chi connectivity index (χ0) is 12.0. The van der Waals surface area contributed by atoms with Gasteiger partial charge >= 0.3 is 6.09 Å². The Labute approximate surface area is 95.6 Å².